The molecule has 2 unspecified atom stereocenters. The van der Waals surface area contributed by atoms with Gasteiger partial charge in [-0.25, -0.2) is 0 Å². The third-order valence-corrected chi connectivity index (χ3v) is 3.84. The summed E-state index contributed by atoms with van der Waals surface area (Å²) in [7, 11) is 0. The van der Waals surface area contributed by atoms with Crippen LogP contribution in [0.3, 0.4) is 0 Å². The number of rotatable bonds is 3. The van der Waals surface area contributed by atoms with Gasteiger partial charge in [0, 0.05) is 23.2 Å². The van der Waals surface area contributed by atoms with E-state index in [1.54, 1.807) is 0 Å². The minimum atomic E-state index is 0.0179. The van der Waals surface area contributed by atoms with Gasteiger partial charge in [0.2, 0.25) is 18.2 Å². The summed E-state index contributed by atoms with van der Waals surface area (Å²) >= 11 is 0. The molecule has 3 rings (SSSR count). The van der Waals surface area contributed by atoms with Gasteiger partial charge in [0.25, 0.3) is 0 Å². The van der Waals surface area contributed by atoms with E-state index in [-0.39, 0.29) is 17.9 Å². The van der Waals surface area contributed by atoms with Crippen molar-refractivity contribution in [2.45, 2.75) is 31.7 Å². The fourth-order valence-electron chi connectivity index (χ4n) is 2.71. The molecule has 1 aliphatic carbocycles. The SMILES string of the molecule is NC1CCCC(C(=O)Nc2ccc(-c3nnco3)cc2)C1. The zero-order chi connectivity index (χ0) is 14.7. The second kappa shape index (κ2) is 6.05. The summed E-state index contributed by atoms with van der Waals surface area (Å²) in [5.74, 6) is 0.534. The van der Waals surface area contributed by atoms with Crippen LogP contribution < -0.4 is 11.1 Å². The number of hydrogen-bond donors (Lipinski definition) is 2. The summed E-state index contributed by atoms with van der Waals surface area (Å²) in [6.07, 6.45) is 5.01. The Labute approximate surface area is 122 Å². The van der Waals surface area contributed by atoms with Crippen LogP contribution in [0.1, 0.15) is 25.7 Å². The Morgan fingerprint density at radius 3 is 2.76 bits per heavy atom. The Kier molecular flexibility index (Phi) is 3.96. The fraction of sp³-hybridized carbons (Fsp3) is 0.400. The zero-order valence-corrected chi connectivity index (χ0v) is 11.7. The van der Waals surface area contributed by atoms with Crippen molar-refractivity contribution >= 4 is 11.6 Å². The van der Waals surface area contributed by atoms with Gasteiger partial charge in [0.15, 0.2) is 0 Å². The Hall–Kier alpha value is -2.21. The quantitative estimate of drug-likeness (QED) is 0.902. The molecule has 0 radical (unpaired) electrons. The number of carbonyl (C=O) groups excluding carboxylic acids is 1. The van der Waals surface area contributed by atoms with Gasteiger partial charge in [-0.2, -0.15) is 0 Å². The molecule has 1 aromatic carbocycles. The smallest absolute Gasteiger partial charge is 0.247 e. The number of nitrogens with zero attached hydrogens (tertiary/aromatic N) is 2. The van der Waals surface area contributed by atoms with E-state index in [4.69, 9.17) is 10.2 Å². The average Bonchev–Trinajstić information content (AvgIpc) is 3.02. The van der Waals surface area contributed by atoms with E-state index in [0.29, 0.717) is 5.89 Å². The van der Waals surface area contributed by atoms with Crippen LogP contribution in [0.15, 0.2) is 35.1 Å². The standard InChI is InChI=1S/C15H18N4O2/c16-12-3-1-2-11(8-12)14(20)18-13-6-4-10(5-7-13)15-19-17-9-21-15/h4-7,9,11-12H,1-3,8,16H2,(H,18,20). The van der Waals surface area contributed by atoms with Gasteiger partial charge in [0.05, 0.1) is 0 Å². The van der Waals surface area contributed by atoms with Crippen molar-refractivity contribution in [3.8, 4) is 11.5 Å². The first-order valence-electron chi connectivity index (χ1n) is 7.15. The first kappa shape index (κ1) is 13.8. The van der Waals surface area contributed by atoms with E-state index in [0.717, 1.165) is 36.9 Å². The molecule has 1 heterocycles. The molecule has 6 nitrogen and oxygen atoms in total. The maximum atomic E-state index is 12.2. The molecule has 2 atom stereocenters. The molecule has 0 saturated heterocycles. The van der Waals surface area contributed by atoms with E-state index in [2.05, 4.69) is 15.5 Å². The normalized spacial score (nSPS) is 22.0. The summed E-state index contributed by atoms with van der Waals surface area (Å²) in [6, 6.07) is 7.50. The average molecular weight is 286 g/mol. The van der Waals surface area contributed by atoms with Crippen LogP contribution in [-0.4, -0.2) is 22.1 Å². The highest BCUT2D eigenvalue weighted by molar-refractivity contribution is 5.92. The molecule has 110 valence electrons. The van der Waals surface area contributed by atoms with Crippen LogP contribution in [0.5, 0.6) is 0 Å². The van der Waals surface area contributed by atoms with E-state index >= 15 is 0 Å². The molecule has 1 aliphatic rings. The first-order valence-corrected chi connectivity index (χ1v) is 7.15. The maximum Gasteiger partial charge on any atom is 0.247 e. The molecule has 2 aromatic rings. The monoisotopic (exact) mass is 286 g/mol. The van der Waals surface area contributed by atoms with Gasteiger partial charge < -0.3 is 15.5 Å². The van der Waals surface area contributed by atoms with Crippen molar-refractivity contribution < 1.29 is 9.21 Å². The molecule has 1 saturated carbocycles. The van der Waals surface area contributed by atoms with Gasteiger partial charge >= 0.3 is 0 Å². The summed E-state index contributed by atoms with van der Waals surface area (Å²) in [6.45, 7) is 0. The molecule has 21 heavy (non-hydrogen) atoms. The number of hydrogen-bond acceptors (Lipinski definition) is 5. The minimum Gasteiger partial charge on any atom is -0.423 e. The van der Waals surface area contributed by atoms with E-state index in [1.165, 1.54) is 6.39 Å². The lowest BCUT2D eigenvalue weighted by Gasteiger charge is -2.25. The Balaban J connectivity index is 1.63. The van der Waals surface area contributed by atoms with E-state index < -0.39 is 0 Å². The van der Waals surface area contributed by atoms with Crippen molar-refractivity contribution in [1.82, 2.24) is 10.2 Å². The van der Waals surface area contributed by atoms with Crippen molar-refractivity contribution in [3.05, 3.63) is 30.7 Å². The topological polar surface area (TPSA) is 94.0 Å². The predicted molar refractivity (Wildman–Crippen MR) is 78.3 cm³/mol. The number of carbonyl (C=O) groups is 1. The first-order chi connectivity index (χ1) is 10.2. The van der Waals surface area contributed by atoms with Crippen LogP contribution in [0.2, 0.25) is 0 Å². The van der Waals surface area contributed by atoms with Crippen molar-refractivity contribution in [1.29, 1.82) is 0 Å². The molecule has 0 spiro atoms. The van der Waals surface area contributed by atoms with Crippen LogP contribution in [0, 0.1) is 5.92 Å². The molecule has 0 bridgehead atoms. The summed E-state index contributed by atoms with van der Waals surface area (Å²) < 4.78 is 5.12. The van der Waals surface area contributed by atoms with Gasteiger partial charge in [-0.05, 0) is 43.5 Å². The number of amides is 1. The van der Waals surface area contributed by atoms with Crippen LogP contribution in [-0.2, 0) is 4.79 Å². The summed E-state index contributed by atoms with van der Waals surface area (Å²) in [5, 5.41) is 10.4. The second-order valence-corrected chi connectivity index (χ2v) is 5.43. The Bertz CT molecular complexity index is 595. The van der Waals surface area contributed by atoms with Gasteiger partial charge in [0.1, 0.15) is 0 Å². The van der Waals surface area contributed by atoms with Crippen LogP contribution >= 0.6 is 0 Å². The number of aromatic nitrogens is 2. The molecule has 1 amide bonds. The summed E-state index contributed by atoms with van der Waals surface area (Å²) in [5.41, 5.74) is 7.52. The predicted octanol–water partition coefficient (Wildman–Crippen LogP) is 2.19. The zero-order valence-electron chi connectivity index (χ0n) is 11.7. The Morgan fingerprint density at radius 2 is 2.10 bits per heavy atom. The molecule has 3 N–H and O–H groups in total. The second-order valence-electron chi connectivity index (χ2n) is 5.43. The number of benzene rings is 1. The Morgan fingerprint density at radius 1 is 1.29 bits per heavy atom. The molecule has 1 fully saturated rings. The number of nitrogens with two attached hydrogens (primary N) is 1. The van der Waals surface area contributed by atoms with Crippen LogP contribution in [0.25, 0.3) is 11.5 Å². The highest BCUT2D eigenvalue weighted by Crippen LogP contribution is 2.25. The maximum absolute atomic E-state index is 12.2. The van der Waals surface area contributed by atoms with Gasteiger partial charge in [-0.3, -0.25) is 4.79 Å². The van der Waals surface area contributed by atoms with E-state index in [9.17, 15) is 4.79 Å². The molecular formula is C15H18N4O2. The lowest BCUT2D eigenvalue weighted by Crippen LogP contribution is -2.34. The largest absolute Gasteiger partial charge is 0.423 e. The fourth-order valence-corrected chi connectivity index (χ4v) is 2.71. The van der Waals surface area contributed by atoms with Crippen molar-refractivity contribution in [2.24, 2.45) is 11.7 Å². The van der Waals surface area contributed by atoms with Gasteiger partial charge in [-0.1, -0.05) is 6.42 Å². The highest BCUT2D eigenvalue weighted by Gasteiger charge is 2.25. The van der Waals surface area contributed by atoms with Crippen molar-refractivity contribution in [2.75, 3.05) is 5.32 Å². The highest BCUT2D eigenvalue weighted by atomic mass is 16.4. The number of nitrogens with one attached hydrogen (secondary N) is 1. The van der Waals surface area contributed by atoms with Gasteiger partial charge in [-0.15, -0.1) is 10.2 Å². The van der Waals surface area contributed by atoms with Crippen molar-refractivity contribution in [3.63, 3.8) is 0 Å². The van der Waals surface area contributed by atoms with E-state index in [1.807, 2.05) is 24.3 Å². The number of anilines is 1. The lowest BCUT2D eigenvalue weighted by molar-refractivity contribution is -0.120. The lowest BCUT2D eigenvalue weighted by atomic mass is 9.85. The molecule has 6 heteroatoms. The molecular weight excluding hydrogens is 268 g/mol. The summed E-state index contributed by atoms with van der Waals surface area (Å²) in [4.78, 5) is 12.2. The third-order valence-electron chi connectivity index (χ3n) is 3.84. The van der Waals surface area contributed by atoms with Crippen LogP contribution in [0.4, 0.5) is 5.69 Å². The minimum absolute atomic E-state index is 0.0179. The third kappa shape index (κ3) is 3.28. The molecule has 1 aromatic heterocycles. The molecule has 0 aliphatic heterocycles.